The Morgan fingerprint density at radius 3 is 2.23 bits per heavy atom. The lowest BCUT2D eigenvalue weighted by Gasteiger charge is -2.24. The molecule has 0 amide bonds. The van der Waals surface area contributed by atoms with Crippen molar-refractivity contribution in [2.75, 3.05) is 6.61 Å². The van der Waals surface area contributed by atoms with Gasteiger partial charge in [0.2, 0.25) is 0 Å². The van der Waals surface area contributed by atoms with Crippen LogP contribution in [0, 0.1) is 27.7 Å². The van der Waals surface area contributed by atoms with Gasteiger partial charge in [0.05, 0.1) is 18.4 Å². The van der Waals surface area contributed by atoms with Gasteiger partial charge in [-0.3, -0.25) is 4.99 Å². The summed E-state index contributed by atoms with van der Waals surface area (Å²) in [5.74, 6) is 0. The zero-order chi connectivity index (χ0) is 15.9. The van der Waals surface area contributed by atoms with Crippen LogP contribution in [0.15, 0.2) is 35.3 Å². The normalized spacial score (nSPS) is 17.1. The summed E-state index contributed by atoms with van der Waals surface area (Å²) in [6.45, 7) is 8.62. The van der Waals surface area contributed by atoms with E-state index in [-0.39, 0.29) is 12.6 Å². The highest BCUT2D eigenvalue weighted by atomic mass is 16.3. The summed E-state index contributed by atoms with van der Waals surface area (Å²) in [5, 5.41) is 9.61. The van der Waals surface area contributed by atoms with Gasteiger partial charge in [-0.15, -0.1) is 0 Å². The number of aliphatic hydroxyl groups is 1. The van der Waals surface area contributed by atoms with Gasteiger partial charge in [0, 0.05) is 11.1 Å². The Balaban J connectivity index is 2.20. The second kappa shape index (κ2) is 5.69. The summed E-state index contributed by atoms with van der Waals surface area (Å²) < 4.78 is 0. The number of aryl methyl sites for hydroxylation is 4. The molecule has 2 aromatic rings. The zero-order valence-electron chi connectivity index (χ0n) is 13.8. The fraction of sp³-hybridized carbons (Fsp3) is 0.350. The van der Waals surface area contributed by atoms with Crippen molar-refractivity contribution in [3.05, 3.63) is 69.3 Å². The Morgan fingerprint density at radius 2 is 1.59 bits per heavy atom. The maximum absolute atomic E-state index is 9.61. The van der Waals surface area contributed by atoms with Crippen molar-refractivity contribution in [3.8, 4) is 0 Å². The summed E-state index contributed by atoms with van der Waals surface area (Å²) in [7, 11) is 0. The van der Waals surface area contributed by atoms with Crippen LogP contribution in [0.2, 0.25) is 0 Å². The average Bonchev–Trinajstić information content (AvgIpc) is 2.46. The van der Waals surface area contributed by atoms with E-state index < -0.39 is 0 Å². The molecule has 3 rings (SSSR count). The smallest absolute Gasteiger partial charge is 0.0778 e. The van der Waals surface area contributed by atoms with Gasteiger partial charge in [-0.1, -0.05) is 23.3 Å². The van der Waals surface area contributed by atoms with Crippen molar-refractivity contribution in [3.63, 3.8) is 0 Å². The third-order valence-corrected chi connectivity index (χ3v) is 4.45. The monoisotopic (exact) mass is 293 g/mol. The van der Waals surface area contributed by atoms with E-state index in [9.17, 15) is 5.11 Å². The summed E-state index contributed by atoms with van der Waals surface area (Å²) in [6, 6.07) is 11.0. The van der Waals surface area contributed by atoms with E-state index in [1.54, 1.807) is 0 Å². The number of fused-ring (bicyclic) bond motifs is 1. The van der Waals surface area contributed by atoms with Crippen molar-refractivity contribution in [1.82, 2.24) is 0 Å². The van der Waals surface area contributed by atoms with Crippen molar-refractivity contribution < 1.29 is 5.11 Å². The standard InChI is InChI=1S/C20H23NO/c1-12-5-13(2)7-17(6-12)20-19-9-15(4)14(3)8-16(19)10-18(11-22)21-20/h5-9,18,22H,10-11H2,1-4H3. The molecule has 1 atom stereocenters. The minimum absolute atomic E-state index is 0.0366. The number of rotatable bonds is 2. The number of benzene rings is 2. The molecule has 1 N–H and O–H groups in total. The molecule has 1 aliphatic rings. The quantitative estimate of drug-likeness (QED) is 0.900. The van der Waals surface area contributed by atoms with Gasteiger partial charge in [0.1, 0.15) is 0 Å². The molecule has 0 spiro atoms. The van der Waals surface area contributed by atoms with Gasteiger partial charge in [-0.05, 0) is 69.0 Å². The van der Waals surface area contributed by atoms with Gasteiger partial charge in [-0.2, -0.15) is 0 Å². The van der Waals surface area contributed by atoms with Crippen molar-refractivity contribution in [2.45, 2.75) is 40.2 Å². The number of aliphatic hydroxyl groups excluding tert-OH is 1. The molecule has 1 unspecified atom stereocenters. The molecule has 2 aromatic carbocycles. The maximum Gasteiger partial charge on any atom is 0.0778 e. The number of aliphatic imine (C=N–C) groups is 1. The van der Waals surface area contributed by atoms with Gasteiger partial charge in [0.25, 0.3) is 0 Å². The summed E-state index contributed by atoms with van der Waals surface area (Å²) in [4.78, 5) is 4.83. The minimum atomic E-state index is -0.0366. The molecular formula is C20H23NO. The van der Waals surface area contributed by atoms with E-state index >= 15 is 0 Å². The van der Waals surface area contributed by atoms with E-state index in [1.165, 1.54) is 33.4 Å². The van der Waals surface area contributed by atoms with Gasteiger partial charge in [0.15, 0.2) is 0 Å². The lowest BCUT2D eigenvalue weighted by Crippen LogP contribution is -2.25. The molecule has 0 saturated carbocycles. The molecule has 0 saturated heterocycles. The number of hydrogen-bond acceptors (Lipinski definition) is 2. The molecule has 0 radical (unpaired) electrons. The minimum Gasteiger partial charge on any atom is -0.394 e. The van der Waals surface area contributed by atoms with Crippen LogP contribution in [0.25, 0.3) is 0 Å². The number of hydrogen-bond donors (Lipinski definition) is 1. The lowest BCUT2D eigenvalue weighted by molar-refractivity contribution is 0.265. The highest BCUT2D eigenvalue weighted by Gasteiger charge is 2.22. The molecule has 114 valence electrons. The first-order chi connectivity index (χ1) is 10.5. The van der Waals surface area contributed by atoms with Gasteiger partial charge in [-0.25, -0.2) is 0 Å². The lowest BCUT2D eigenvalue weighted by atomic mass is 9.87. The van der Waals surface area contributed by atoms with Crippen LogP contribution in [0.4, 0.5) is 0 Å². The second-order valence-electron chi connectivity index (χ2n) is 6.49. The molecule has 2 nitrogen and oxygen atoms in total. The predicted octanol–water partition coefficient (Wildman–Crippen LogP) is 3.67. The van der Waals surface area contributed by atoms with Crippen LogP contribution < -0.4 is 0 Å². The second-order valence-corrected chi connectivity index (χ2v) is 6.49. The van der Waals surface area contributed by atoms with E-state index in [4.69, 9.17) is 4.99 Å². The van der Waals surface area contributed by atoms with Crippen molar-refractivity contribution >= 4 is 5.71 Å². The van der Waals surface area contributed by atoms with Crippen molar-refractivity contribution in [1.29, 1.82) is 0 Å². The van der Waals surface area contributed by atoms with Crippen LogP contribution in [-0.4, -0.2) is 23.5 Å². The molecular weight excluding hydrogens is 270 g/mol. The molecule has 0 fully saturated rings. The topological polar surface area (TPSA) is 32.6 Å². The van der Waals surface area contributed by atoms with Crippen molar-refractivity contribution in [2.24, 2.45) is 4.99 Å². The molecule has 22 heavy (non-hydrogen) atoms. The fourth-order valence-electron chi connectivity index (χ4n) is 3.26. The Hall–Kier alpha value is -1.93. The van der Waals surface area contributed by atoms with Crippen LogP contribution in [0.1, 0.15) is 38.9 Å². The molecule has 2 heteroatoms. The van der Waals surface area contributed by atoms with E-state index in [1.807, 2.05) is 0 Å². The van der Waals surface area contributed by atoms with E-state index in [0.29, 0.717) is 0 Å². The van der Waals surface area contributed by atoms with Gasteiger partial charge >= 0.3 is 0 Å². The summed E-state index contributed by atoms with van der Waals surface area (Å²) >= 11 is 0. The highest BCUT2D eigenvalue weighted by Crippen LogP contribution is 2.27. The average molecular weight is 293 g/mol. The fourth-order valence-corrected chi connectivity index (χ4v) is 3.26. The molecule has 0 aromatic heterocycles. The van der Waals surface area contributed by atoms with E-state index in [2.05, 4.69) is 58.0 Å². The van der Waals surface area contributed by atoms with E-state index in [0.717, 1.165) is 17.7 Å². The van der Waals surface area contributed by atoms with Crippen LogP contribution in [-0.2, 0) is 6.42 Å². The van der Waals surface area contributed by atoms with Crippen LogP contribution in [0.3, 0.4) is 0 Å². The Bertz CT molecular complexity index is 738. The highest BCUT2D eigenvalue weighted by molar-refractivity contribution is 6.14. The molecule has 1 aliphatic heterocycles. The first-order valence-corrected chi connectivity index (χ1v) is 7.85. The Morgan fingerprint density at radius 1 is 0.955 bits per heavy atom. The summed E-state index contributed by atoms with van der Waals surface area (Å²) in [5.41, 5.74) is 9.78. The summed E-state index contributed by atoms with van der Waals surface area (Å²) in [6.07, 6.45) is 0.821. The first-order valence-electron chi connectivity index (χ1n) is 7.85. The van der Waals surface area contributed by atoms with Gasteiger partial charge < -0.3 is 5.11 Å². The van der Waals surface area contributed by atoms with Crippen LogP contribution in [0.5, 0.6) is 0 Å². The Labute approximate surface area is 132 Å². The first kappa shape index (κ1) is 15.0. The predicted molar refractivity (Wildman–Crippen MR) is 92.0 cm³/mol. The Kier molecular flexibility index (Phi) is 3.88. The third-order valence-electron chi connectivity index (χ3n) is 4.45. The van der Waals surface area contributed by atoms with Crippen LogP contribution >= 0.6 is 0 Å². The maximum atomic E-state index is 9.61. The number of nitrogens with zero attached hydrogens (tertiary/aromatic N) is 1. The third kappa shape index (κ3) is 2.71. The molecule has 0 bridgehead atoms. The largest absolute Gasteiger partial charge is 0.394 e. The SMILES string of the molecule is Cc1cc(C)cc(C2=NC(CO)Cc3cc(C)c(C)cc32)c1. The zero-order valence-corrected chi connectivity index (χ0v) is 13.8. The molecule has 1 heterocycles. The molecule has 0 aliphatic carbocycles.